The van der Waals surface area contributed by atoms with Gasteiger partial charge in [-0.05, 0) is 43.7 Å². The van der Waals surface area contributed by atoms with E-state index in [1.807, 2.05) is 50.2 Å². The van der Waals surface area contributed by atoms with Gasteiger partial charge in [-0.25, -0.2) is 19.9 Å². The lowest BCUT2D eigenvalue weighted by molar-refractivity contribution is 0.112. The third kappa shape index (κ3) is 8.93. The second kappa shape index (κ2) is 14.4. The van der Waals surface area contributed by atoms with Crippen molar-refractivity contribution in [2.45, 2.75) is 20.4 Å². The number of rotatable bonds is 6. The maximum atomic E-state index is 10.4. The van der Waals surface area contributed by atoms with Gasteiger partial charge in [0.25, 0.3) is 0 Å². The van der Waals surface area contributed by atoms with Crippen LogP contribution in [-0.2, 0) is 6.54 Å². The fourth-order valence-electron chi connectivity index (χ4n) is 3.34. The van der Waals surface area contributed by atoms with E-state index in [4.69, 9.17) is 14.6 Å². The number of benzene rings is 2. The zero-order valence-electron chi connectivity index (χ0n) is 22.5. The van der Waals surface area contributed by atoms with Crippen LogP contribution < -0.4 is 11.1 Å². The number of nitrogen functional groups attached to an aromatic ring is 1. The largest absolute Gasteiger partial charge is 0.441 e. The predicted octanol–water partition coefficient (Wildman–Crippen LogP) is 5.57. The topological polar surface area (TPSA) is 159 Å². The van der Waals surface area contributed by atoms with Crippen molar-refractivity contribution in [1.82, 2.24) is 29.9 Å². The Labute approximate surface area is 236 Å². The van der Waals surface area contributed by atoms with E-state index in [1.165, 1.54) is 6.20 Å². The summed E-state index contributed by atoms with van der Waals surface area (Å²) in [5.74, 6) is 4.05. The van der Waals surface area contributed by atoms with Crippen LogP contribution in [0.4, 0.5) is 11.6 Å². The molecule has 0 aliphatic carbocycles. The molecule has 0 amide bonds. The van der Waals surface area contributed by atoms with Crippen molar-refractivity contribution in [2.75, 3.05) is 11.1 Å². The molecular formula is C30H28N8O3. The van der Waals surface area contributed by atoms with Gasteiger partial charge in [-0.1, -0.05) is 24.3 Å². The van der Waals surface area contributed by atoms with Crippen LogP contribution in [0.3, 0.4) is 0 Å². The van der Waals surface area contributed by atoms with E-state index in [1.54, 1.807) is 55.5 Å². The fourth-order valence-corrected chi connectivity index (χ4v) is 3.34. The van der Waals surface area contributed by atoms with Crippen molar-refractivity contribution in [3.63, 3.8) is 0 Å². The average Bonchev–Trinajstić information content (AvgIpc) is 3.66. The Bertz CT molecular complexity index is 1620. The highest BCUT2D eigenvalue weighted by atomic mass is 16.4. The van der Waals surface area contributed by atoms with Crippen molar-refractivity contribution in [1.29, 1.82) is 0 Å². The van der Waals surface area contributed by atoms with Crippen LogP contribution in [0, 0.1) is 13.8 Å². The molecule has 0 aliphatic rings. The minimum atomic E-state index is 0.461. The number of nitrogens with one attached hydrogen (secondary N) is 1. The Kier molecular flexibility index (Phi) is 9.97. The molecule has 11 heteroatoms. The van der Waals surface area contributed by atoms with Crippen molar-refractivity contribution >= 4 is 17.9 Å². The van der Waals surface area contributed by atoms with Gasteiger partial charge in [0.1, 0.15) is 29.4 Å². The quantitative estimate of drug-likeness (QED) is 0.250. The number of aldehydes is 1. The lowest BCUT2D eigenvalue weighted by atomic mass is 10.1. The van der Waals surface area contributed by atoms with Crippen LogP contribution in [0.15, 0.2) is 107 Å². The molecule has 0 atom stereocenters. The normalized spacial score (nSPS) is 10.0. The number of oxazole rings is 2. The highest BCUT2D eigenvalue weighted by molar-refractivity contribution is 5.76. The molecule has 4 aromatic heterocycles. The van der Waals surface area contributed by atoms with Crippen LogP contribution >= 0.6 is 0 Å². The van der Waals surface area contributed by atoms with Gasteiger partial charge in [-0.2, -0.15) is 0 Å². The molecule has 206 valence electrons. The first-order chi connectivity index (χ1) is 20.0. The maximum Gasteiger partial charge on any atom is 0.226 e. The van der Waals surface area contributed by atoms with Gasteiger partial charge in [0.05, 0.1) is 24.8 Å². The number of nitrogens with zero attached hydrogens (tertiary/aromatic N) is 6. The van der Waals surface area contributed by atoms with E-state index in [-0.39, 0.29) is 0 Å². The molecule has 6 rings (SSSR count). The zero-order valence-corrected chi connectivity index (χ0v) is 22.5. The monoisotopic (exact) mass is 548 g/mol. The minimum absolute atomic E-state index is 0.461. The first-order valence-corrected chi connectivity index (χ1v) is 12.5. The highest BCUT2D eigenvalue weighted by Gasteiger charge is 2.05. The SMILES string of the molecule is Cc1cnc(-c2ccc(C=O)cc2)o1.Cc1cnc(-c2ccc(CNc3cnccn3)cc2)o1.Nc1cnccn1. The van der Waals surface area contributed by atoms with E-state index in [9.17, 15) is 4.79 Å². The Balaban J connectivity index is 0.000000159. The van der Waals surface area contributed by atoms with Crippen LogP contribution in [0.25, 0.3) is 22.9 Å². The molecule has 4 heterocycles. The molecule has 0 aliphatic heterocycles. The Morgan fingerprint density at radius 2 is 1.27 bits per heavy atom. The number of hydrogen-bond donors (Lipinski definition) is 2. The Morgan fingerprint density at radius 3 is 1.68 bits per heavy atom. The van der Waals surface area contributed by atoms with Crippen molar-refractivity contribution in [3.05, 3.63) is 121 Å². The van der Waals surface area contributed by atoms with E-state index in [0.29, 0.717) is 29.7 Å². The number of carbonyl (C=O) groups excluding carboxylic acids is 1. The van der Waals surface area contributed by atoms with Crippen LogP contribution in [0.2, 0.25) is 0 Å². The van der Waals surface area contributed by atoms with Crippen LogP contribution in [0.1, 0.15) is 27.4 Å². The number of aromatic nitrogens is 6. The smallest absolute Gasteiger partial charge is 0.226 e. The van der Waals surface area contributed by atoms with Gasteiger partial charge in [0, 0.05) is 48.0 Å². The third-order valence-electron chi connectivity index (χ3n) is 5.36. The zero-order chi connectivity index (χ0) is 28.9. The molecule has 0 fully saturated rings. The number of carbonyl (C=O) groups is 1. The highest BCUT2D eigenvalue weighted by Crippen LogP contribution is 2.20. The summed E-state index contributed by atoms with van der Waals surface area (Å²) in [5.41, 5.74) is 8.84. The van der Waals surface area contributed by atoms with Gasteiger partial charge >= 0.3 is 0 Å². The first kappa shape index (κ1) is 28.3. The molecule has 0 bridgehead atoms. The van der Waals surface area contributed by atoms with Crippen LogP contribution in [0.5, 0.6) is 0 Å². The van der Waals surface area contributed by atoms with E-state index >= 15 is 0 Å². The minimum Gasteiger partial charge on any atom is -0.441 e. The summed E-state index contributed by atoms with van der Waals surface area (Å²) >= 11 is 0. The van der Waals surface area contributed by atoms with E-state index < -0.39 is 0 Å². The molecule has 11 nitrogen and oxygen atoms in total. The molecule has 41 heavy (non-hydrogen) atoms. The molecule has 0 saturated heterocycles. The molecule has 0 saturated carbocycles. The summed E-state index contributed by atoms with van der Waals surface area (Å²) in [6.45, 7) is 4.43. The molecule has 0 radical (unpaired) electrons. The summed E-state index contributed by atoms with van der Waals surface area (Å²) in [7, 11) is 0. The van der Waals surface area contributed by atoms with Gasteiger partial charge in [0.2, 0.25) is 11.8 Å². The average molecular weight is 549 g/mol. The van der Waals surface area contributed by atoms with Crippen molar-refractivity contribution in [3.8, 4) is 22.9 Å². The van der Waals surface area contributed by atoms with E-state index in [2.05, 4.69) is 35.2 Å². The lowest BCUT2D eigenvalue weighted by Crippen LogP contribution is -2.01. The predicted molar refractivity (Wildman–Crippen MR) is 155 cm³/mol. The Morgan fingerprint density at radius 1 is 0.707 bits per heavy atom. The molecule has 3 N–H and O–H groups in total. The lowest BCUT2D eigenvalue weighted by Gasteiger charge is -2.05. The number of anilines is 2. The summed E-state index contributed by atoms with van der Waals surface area (Å²) < 4.78 is 10.8. The fraction of sp³-hybridized carbons (Fsp3) is 0.100. The molecule has 0 unspecified atom stereocenters. The number of nitrogens with two attached hydrogens (primary N) is 1. The number of hydrogen-bond acceptors (Lipinski definition) is 11. The second-order valence-electron chi connectivity index (χ2n) is 8.56. The molecule has 2 aromatic carbocycles. The third-order valence-corrected chi connectivity index (χ3v) is 5.36. The van der Waals surface area contributed by atoms with Crippen LogP contribution in [-0.4, -0.2) is 36.2 Å². The van der Waals surface area contributed by atoms with Gasteiger partial charge in [0.15, 0.2) is 0 Å². The number of aryl methyl sites for hydroxylation is 2. The van der Waals surface area contributed by atoms with Gasteiger partial charge < -0.3 is 19.9 Å². The first-order valence-electron chi connectivity index (χ1n) is 12.5. The molecular weight excluding hydrogens is 520 g/mol. The molecule has 0 spiro atoms. The summed E-state index contributed by atoms with van der Waals surface area (Å²) in [5, 5.41) is 3.21. The summed E-state index contributed by atoms with van der Waals surface area (Å²) in [4.78, 5) is 34.3. The van der Waals surface area contributed by atoms with Gasteiger partial charge in [-0.3, -0.25) is 14.8 Å². The molecule has 6 aromatic rings. The summed E-state index contributed by atoms with van der Waals surface area (Å²) in [6.07, 6.45) is 13.8. The standard InChI is InChI=1S/C15H14N4O.C11H9NO2.C4H5N3/c1-11-8-19-15(20-11)13-4-2-12(3-5-13)9-18-14-10-16-6-7-17-14;1-8-6-12-11(14-8)10-4-2-9(7-13)3-5-10;5-4-3-6-1-2-7-4/h2-8,10H,9H2,1H3,(H,17,18);2-7H,1H3;1-3H,(H2,5,7). The maximum absolute atomic E-state index is 10.4. The van der Waals surface area contributed by atoms with Gasteiger partial charge in [-0.15, -0.1) is 0 Å². The van der Waals surface area contributed by atoms with Crippen molar-refractivity contribution in [2.24, 2.45) is 0 Å². The Hall–Kier alpha value is -5.71. The second-order valence-corrected chi connectivity index (χ2v) is 8.56. The van der Waals surface area contributed by atoms with E-state index in [0.717, 1.165) is 40.3 Å². The van der Waals surface area contributed by atoms with Crippen molar-refractivity contribution < 1.29 is 13.6 Å². The summed E-state index contributed by atoms with van der Waals surface area (Å²) in [6, 6.07) is 15.2.